The first-order valence-electron chi connectivity index (χ1n) is 10.2. The summed E-state index contributed by atoms with van der Waals surface area (Å²) in [4.78, 5) is 6.70. The molecule has 1 aliphatic rings. The topological polar surface area (TPSA) is 59.5 Å². The lowest BCUT2D eigenvalue weighted by Crippen LogP contribution is -2.33. The molecule has 5 nitrogen and oxygen atoms in total. The molecule has 3 aromatic rings. The van der Waals surface area contributed by atoms with Gasteiger partial charge in [-0.25, -0.2) is 13.4 Å². The van der Waals surface area contributed by atoms with Gasteiger partial charge in [0.05, 0.1) is 12.0 Å². The van der Waals surface area contributed by atoms with E-state index < -0.39 is 9.84 Å². The number of hydrogen-bond acceptors (Lipinski definition) is 5. The fourth-order valence-corrected chi connectivity index (χ4v) is 5.37. The Hall–Kier alpha value is -2.70. The Kier molecular flexibility index (Phi) is 6.16. The van der Waals surface area contributed by atoms with Gasteiger partial charge >= 0.3 is 0 Å². The predicted octanol–water partition coefficient (Wildman–Crippen LogP) is 4.65. The van der Waals surface area contributed by atoms with E-state index in [0.717, 1.165) is 24.9 Å². The van der Waals surface area contributed by atoms with Crippen LogP contribution in [0.1, 0.15) is 36.4 Å². The number of likely N-dealkylation sites (tertiary alicyclic amines) is 1. The van der Waals surface area contributed by atoms with Crippen molar-refractivity contribution >= 4 is 9.84 Å². The quantitative estimate of drug-likeness (QED) is 0.579. The highest BCUT2D eigenvalue weighted by Gasteiger charge is 2.26. The molecule has 1 saturated heterocycles. The maximum absolute atomic E-state index is 13.0. The Labute approximate surface area is 178 Å². The monoisotopic (exact) mass is 422 g/mol. The standard InChI is InChI=1S/C24H26N2O3S/c1-29-23-14-13-21(30(27,28)24-12-5-7-15-25-24)17-20(23)18-26-16-8-6-11-22(26)19-9-3-2-4-10-19/h2-5,7,9-10,12-15,17,22H,6,8,11,16,18H2,1H3/t22-/m0/s1. The van der Waals surface area contributed by atoms with Crippen molar-refractivity contribution in [1.82, 2.24) is 9.88 Å². The smallest absolute Gasteiger partial charge is 0.223 e. The van der Waals surface area contributed by atoms with Crippen LogP contribution < -0.4 is 4.74 Å². The van der Waals surface area contributed by atoms with E-state index in [2.05, 4.69) is 34.1 Å². The van der Waals surface area contributed by atoms with Gasteiger partial charge in [0.2, 0.25) is 9.84 Å². The summed E-state index contributed by atoms with van der Waals surface area (Å²) in [6.07, 6.45) is 4.92. The summed E-state index contributed by atoms with van der Waals surface area (Å²) in [5, 5.41) is 0.0567. The van der Waals surface area contributed by atoms with Gasteiger partial charge in [0.15, 0.2) is 5.03 Å². The van der Waals surface area contributed by atoms with Crippen LogP contribution in [0.5, 0.6) is 5.75 Å². The van der Waals surface area contributed by atoms with Gasteiger partial charge in [-0.1, -0.05) is 42.8 Å². The van der Waals surface area contributed by atoms with Crippen molar-refractivity contribution in [3.05, 3.63) is 84.1 Å². The van der Waals surface area contributed by atoms with Crippen molar-refractivity contribution < 1.29 is 13.2 Å². The molecule has 1 aliphatic heterocycles. The molecular formula is C24H26N2O3S. The molecule has 0 aliphatic carbocycles. The lowest BCUT2D eigenvalue weighted by molar-refractivity contribution is 0.139. The summed E-state index contributed by atoms with van der Waals surface area (Å²) in [6.45, 7) is 1.61. The molecular weight excluding hydrogens is 396 g/mol. The minimum Gasteiger partial charge on any atom is -0.496 e. The summed E-state index contributed by atoms with van der Waals surface area (Å²) >= 11 is 0. The molecule has 156 valence electrons. The van der Waals surface area contributed by atoms with Gasteiger partial charge < -0.3 is 4.74 Å². The van der Waals surface area contributed by atoms with E-state index in [-0.39, 0.29) is 9.92 Å². The molecule has 0 unspecified atom stereocenters. The molecule has 0 spiro atoms. The van der Waals surface area contributed by atoms with Gasteiger partial charge in [-0.2, -0.15) is 0 Å². The van der Waals surface area contributed by atoms with Crippen molar-refractivity contribution in [3.8, 4) is 5.75 Å². The first kappa shape index (κ1) is 20.6. The zero-order valence-electron chi connectivity index (χ0n) is 17.1. The average Bonchev–Trinajstić information content (AvgIpc) is 2.80. The Balaban J connectivity index is 1.67. The summed E-state index contributed by atoms with van der Waals surface area (Å²) < 4.78 is 31.7. The number of ether oxygens (including phenoxy) is 1. The molecule has 0 radical (unpaired) electrons. The van der Waals surface area contributed by atoms with Crippen molar-refractivity contribution in [1.29, 1.82) is 0 Å². The fraction of sp³-hybridized carbons (Fsp3) is 0.292. The first-order chi connectivity index (χ1) is 14.6. The molecule has 1 aromatic heterocycles. The van der Waals surface area contributed by atoms with Crippen molar-refractivity contribution in [3.63, 3.8) is 0 Å². The summed E-state index contributed by atoms with van der Waals surface area (Å²) in [6, 6.07) is 20.8. The van der Waals surface area contributed by atoms with E-state index in [0.29, 0.717) is 18.3 Å². The third-order valence-electron chi connectivity index (χ3n) is 5.65. The van der Waals surface area contributed by atoms with Crippen LogP contribution in [-0.4, -0.2) is 32.0 Å². The Morgan fingerprint density at radius 3 is 2.57 bits per heavy atom. The molecule has 1 atom stereocenters. The third-order valence-corrected chi connectivity index (χ3v) is 7.31. The number of hydrogen-bond donors (Lipinski definition) is 0. The van der Waals surface area contributed by atoms with E-state index in [9.17, 15) is 8.42 Å². The summed E-state index contributed by atoms with van der Waals surface area (Å²) in [5.41, 5.74) is 2.17. The minimum absolute atomic E-state index is 0.0567. The Morgan fingerprint density at radius 2 is 1.83 bits per heavy atom. The number of pyridine rings is 1. The largest absolute Gasteiger partial charge is 0.496 e. The zero-order chi connectivity index (χ0) is 21.0. The number of methoxy groups -OCH3 is 1. The highest BCUT2D eigenvalue weighted by molar-refractivity contribution is 7.91. The molecule has 30 heavy (non-hydrogen) atoms. The Morgan fingerprint density at radius 1 is 1.03 bits per heavy atom. The summed E-state index contributed by atoms with van der Waals surface area (Å²) in [7, 11) is -2.06. The molecule has 4 rings (SSSR count). The Bertz CT molecular complexity index is 1090. The predicted molar refractivity (Wildman–Crippen MR) is 116 cm³/mol. The van der Waals surface area contributed by atoms with Gasteiger partial charge in [0, 0.05) is 24.3 Å². The van der Waals surface area contributed by atoms with Crippen molar-refractivity contribution in [2.45, 2.75) is 41.8 Å². The molecule has 0 N–H and O–H groups in total. The maximum atomic E-state index is 13.0. The number of sulfone groups is 1. The number of nitrogens with zero attached hydrogens (tertiary/aromatic N) is 2. The fourth-order valence-electron chi connectivity index (χ4n) is 4.12. The van der Waals surface area contributed by atoms with Crippen LogP contribution >= 0.6 is 0 Å². The summed E-state index contributed by atoms with van der Waals surface area (Å²) in [5.74, 6) is 0.701. The lowest BCUT2D eigenvalue weighted by atomic mass is 9.94. The molecule has 2 heterocycles. The van der Waals surface area contributed by atoms with Gasteiger partial charge in [0.1, 0.15) is 5.75 Å². The number of aromatic nitrogens is 1. The maximum Gasteiger partial charge on any atom is 0.223 e. The second kappa shape index (κ2) is 8.98. The van der Waals surface area contributed by atoms with Gasteiger partial charge in [-0.15, -0.1) is 0 Å². The minimum atomic E-state index is -3.68. The molecule has 1 fully saturated rings. The van der Waals surface area contributed by atoms with Crippen LogP contribution in [0.2, 0.25) is 0 Å². The van der Waals surface area contributed by atoms with Crippen LogP contribution in [0.4, 0.5) is 0 Å². The van der Waals surface area contributed by atoms with Gasteiger partial charge in [-0.05, 0) is 55.3 Å². The second-order valence-corrected chi connectivity index (χ2v) is 9.43. The van der Waals surface area contributed by atoms with E-state index in [1.54, 1.807) is 37.4 Å². The first-order valence-corrected chi connectivity index (χ1v) is 11.7. The number of benzene rings is 2. The third kappa shape index (κ3) is 4.25. The molecule has 0 saturated carbocycles. The zero-order valence-corrected chi connectivity index (χ0v) is 17.9. The normalized spacial score (nSPS) is 17.6. The molecule has 2 aromatic carbocycles. The molecule has 6 heteroatoms. The van der Waals surface area contributed by atoms with Gasteiger partial charge in [0.25, 0.3) is 0 Å². The van der Waals surface area contributed by atoms with E-state index in [1.165, 1.54) is 24.2 Å². The second-order valence-electron chi connectivity index (χ2n) is 7.54. The highest BCUT2D eigenvalue weighted by atomic mass is 32.2. The van der Waals surface area contributed by atoms with Crippen molar-refractivity contribution in [2.75, 3.05) is 13.7 Å². The highest BCUT2D eigenvalue weighted by Crippen LogP contribution is 2.34. The SMILES string of the molecule is COc1ccc(S(=O)(=O)c2ccccn2)cc1CN1CCCC[C@H]1c1ccccc1. The number of rotatable bonds is 6. The van der Waals surface area contributed by atoms with Crippen LogP contribution in [0.15, 0.2) is 82.8 Å². The van der Waals surface area contributed by atoms with Crippen molar-refractivity contribution in [2.24, 2.45) is 0 Å². The van der Waals surface area contributed by atoms with Gasteiger partial charge in [-0.3, -0.25) is 4.90 Å². The van der Waals surface area contributed by atoms with Crippen LogP contribution in [-0.2, 0) is 16.4 Å². The van der Waals surface area contributed by atoms with Crippen LogP contribution in [0, 0.1) is 0 Å². The lowest BCUT2D eigenvalue weighted by Gasteiger charge is -2.36. The van der Waals surface area contributed by atoms with E-state index in [1.807, 2.05) is 6.07 Å². The van der Waals surface area contributed by atoms with Crippen LogP contribution in [0.3, 0.4) is 0 Å². The van der Waals surface area contributed by atoms with E-state index >= 15 is 0 Å². The molecule has 0 bridgehead atoms. The van der Waals surface area contributed by atoms with E-state index in [4.69, 9.17) is 4.74 Å². The van der Waals surface area contributed by atoms with Crippen LogP contribution in [0.25, 0.3) is 0 Å². The number of piperidine rings is 1. The molecule has 0 amide bonds. The average molecular weight is 423 g/mol.